The predicted octanol–water partition coefficient (Wildman–Crippen LogP) is 0.142. The number of hydrogen-bond donors (Lipinski definition) is 1. The second-order valence-electron chi connectivity index (χ2n) is 4.13. The standard InChI is InChI=1S/C11H12N2O4S/c1-18(16,17)9-4-2-8(3-5-9)6-13-7-10(14)12-11(13)15/h2-5H,6-7H2,1H3,(H,12,14,15). The summed E-state index contributed by atoms with van der Waals surface area (Å²) in [5, 5.41) is 2.17. The highest BCUT2D eigenvalue weighted by Gasteiger charge is 2.26. The Morgan fingerprint density at radius 1 is 1.22 bits per heavy atom. The zero-order valence-electron chi connectivity index (χ0n) is 9.71. The topological polar surface area (TPSA) is 83.6 Å². The van der Waals surface area contributed by atoms with Gasteiger partial charge in [-0.1, -0.05) is 12.1 Å². The van der Waals surface area contributed by atoms with Crippen LogP contribution in [0.5, 0.6) is 0 Å². The van der Waals surface area contributed by atoms with Gasteiger partial charge in [0.2, 0.25) is 5.91 Å². The number of hydrogen-bond acceptors (Lipinski definition) is 4. The Morgan fingerprint density at radius 2 is 1.83 bits per heavy atom. The number of sulfone groups is 1. The number of nitrogens with zero attached hydrogens (tertiary/aromatic N) is 1. The molecule has 0 saturated carbocycles. The molecule has 0 radical (unpaired) electrons. The first-order valence-corrected chi connectivity index (χ1v) is 7.13. The van der Waals surface area contributed by atoms with Crippen molar-refractivity contribution < 1.29 is 18.0 Å². The van der Waals surface area contributed by atoms with E-state index in [9.17, 15) is 18.0 Å². The van der Waals surface area contributed by atoms with Gasteiger partial charge in [-0.05, 0) is 17.7 Å². The van der Waals surface area contributed by atoms with Crippen molar-refractivity contribution in [3.05, 3.63) is 29.8 Å². The highest BCUT2D eigenvalue weighted by atomic mass is 32.2. The molecule has 2 rings (SSSR count). The second kappa shape index (κ2) is 4.41. The van der Waals surface area contributed by atoms with Gasteiger partial charge in [-0.25, -0.2) is 13.2 Å². The van der Waals surface area contributed by atoms with Crippen LogP contribution in [0, 0.1) is 0 Å². The van der Waals surface area contributed by atoms with Crippen molar-refractivity contribution in [1.82, 2.24) is 10.2 Å². The van der Waals surface area contributed by atoms with Gasteiger partial charge in [-0.3, -0.25) is 10.1 Å². The van der Waals surface area contributed by atoms with Gasteiger partial charge in [0.25, 0.3) is 0 Å². The minimum Gasteiger partial charge on any atom is -0.311 e. The summed E-state index contributed by atoms with van der Waals surface area (Å²) >= 11 is 0. The summed E-state index contributed by atoms with van der Waals surface area (Å²) < 4.78 is 22.5. The number of urea groups is 1. The van der Waals surface area contributed by atoms with E-state index >= 15 is 0 Å². The number of rotatable bonds is 3. The van der Waals surface area contributed by atoms with Gasteiger partial charge < -0.3 is 4.90 Å². The third-order valence-electron chi connectivity index (χ3n) is 2.59. The summed E-state index contributed by atoms with van der Waals surface area (Å²) in [7, 11) is -3.21. The smallest absolute Gasteiger partial charge is 0.311 e. The predicted molar refractivity (Wildman–Crippen MR) is 63.5 cm³/mol. The molecule has 96 valence electrons. The molecular formula is C11H12N2O4S. The van der Waals surface area contributed by atoms with Crippen molar-refractivity contribution in [2.24, 2.45) is 0 Å². The van der Waals surface area contributed by atoms with Crippen molar-refractivity contribution >= 4 is 21.8 Å². The normalized spacial score (nSPS) is 15.9. The number of nitrogens with one attached hydrogen (secondary N) is 1. The molecule has 1 fully saturated rings. The van der Waals surface area contributed by atoms with E-state index in [0.717, 1.165) is 11.8 Å². The number of amides is 3. The first-order chi connectivity index (χ1) is 8.36. The van der Waals surface area contributed by atoms with Gasteiger partial charge in [0.1, 0.15) is 6.54 Å². The van der Waals surface area contributed by atoms with Crippen LogP contribution < -0.4 is 5.32 Å². The molecule has 6 nitrogen and oxygen atoms in total. The van der Waals surface area contributed by atoms with Crippen molar-refractivity contribution in [3.63, 3.8) is 0 Å². The van der Waals surface area contributed by atoms with Crippen LogP contribution in [0.15, 0.2) is 29.2 Å². The molecule has 0 aliphatic carbocycles. The zero-order valence-corrected chi connectivity index (χ0v) is 10.5. The Kier molecular flexibility index (Phi) is 3.08. The molecule has 18 heavy (non-hydrogen) atoms. The molecule has 1 N–H and O–H groups in total. The molecule has 0 atom stereocenters. The molecule has 1 saturated heterocycles. The molecule has 0 bridgehead atoms. The van der Waals surface area contributed by atoms with Crippen LogP contribution in [-0.4, -0.2) is 38.1 Å². The van der Waals surface area contributed by atoms with Crippen molar-refractivity contribution in [1.29, 1.82) is 0 Å². The van der Waals surface area contributed by atoms with Gasteiger partial charge in [0.05, 0.1) is 4.90 Å². The molecular weight excluding hydrogens is 256 g/mol. The van der Waals surface area contributed by atoms with E-state index in [-0.39, 0.29) is 23.9 Å². The Labute approximate surface area is 105 Å². The van der Waals surface area contributed by atoms with Gasteiger partial charge >= 0.3 is 6.03 Å². The molecule has 0 aromatic heterocycles. The van der Waals surface area contributed by atoms with E-state index < -0.39 is 15.9 Å². The van der Waals surface area contributed by atoms with E-state index in [0.29, 0.717) is 0 Å². The Morgan fingerprint density at radius 3 is 2.28 bits per heavy atom. The quantitative estimate of drug-likeness (QED) is 0.790. The molecule has 1 aliphatic rings. The molecule has 7 heteroatoms. The second-order valence-corrected chi connectivity index (χ2v) is 6.14. The van der Waals surface area contributed by atoms with E-state index in [1.165, 1.54) is 17.0 Å². The van der Waals surface area contributed by atoms with Crippen LogP contribution in [0.25, 0.3) is 0 Å². The SMILES string of the molecule is CS(=O)(=O)c1ccc(CN2CC(=O)NC2=O)cc1. The van der Waals surface area contributed by atoms with Crippen LogP contribution in [0.4, 0.5) is 4.79 Å². The van der Waals surface area contributed by atoms with Crippen molar-refractivity contribution in [2.75, 3.05) is 12.8 Å². The van der Waals surface area contributed by atoms with E-state index in [4.69, 9.17) is 0 Å². The lowest BCUT2D eigenvalue weighted by Gasteiger charge is -2.13. The summed E-state index contributed by atoms with van der Waals surface area (Å²) in [5.74, 6) is -0.326. The average molecular weight is 268 g/mol. The lowest BCUT2D eigenvalue weighted by molar-refractivity contribution is -0.118. The maximum atomic E-state index is 11.3. The number of imide groups is 1. The van der Waals surface area contributed by atoms with Gasteiger partial charge in [-0.2, -0.15) is 0 Å². The third-order valence-corrected chi connectivity index (χ3v) is 3.72. The van der Waals surface area contributed by atoms with Gasteiger partial charge in [-0.15, -0.1) is 0 Å². The van der Waals surface area contributed by atoms with Crippen molar-refractivity contribution in [2.45, 2.75) is 11.4 Å². The number of benzene rings is 1. The maximum absolute atomic E-state index is 11.3. The van der Waals surface area contributed by atoms with Crippen LogP contribution in [0.2, 0.25) is 0 Å². The van der Waals surface area contributed by atoms with Crippen LogP contribution >= 0.6 is 0 Å². The largest absolute Gasteiger partial charge is 0.324 e. The van der Waals surface area contributed by atoms with Gasteiger partial charge in [0, 0.05) is 12.8 Å². The fraction of sp³-hybridized carbons (Fsp3) is 0.273. The third kappa shape index (κ3) is 2.67. The first kappa shape index (κ1) is 12.6. The fourth-order valence-electron chi connectivity index (χ4n) is 1.67. The molecule has 0 unspecified atom stereocenters. The van der Waals surface area contributed by atoms with E-state index in [1.807, 2.05) is 0 Å². The van der Waals surface area contributed by atoms with Gasteiger partial charge in [0.15, 0.2) is 9.84 Å². The van der Waals surface area contributed by atoms with E-state index in [1.54, 1.807) is 12.1 Å². The van der Waals surface area contributed by atoms with Crippen LogP contribution in [0.1, 0.15) is 5.56 Å². The monoisotopic (exact) mass is 268 g/mol. The summed E-state index contributed by atoms with van der Waals surface area (Å²) in [4.78, 5) is 23.9. The Balaban J connectivity index is 2.12. The number of carbonyl (C=O) groups excluding carboxylic acids is 2. The van der Waals surface area contributed by atoms with E-state index in [2.05, 4.69) is 5.32 Å². The minimum absolute atomic E-state index is 0.0344. The maximum Gasteiger partial charge on any atom is 0.324 e. The lowest BCUT2D eigenvalue weighted by Crippen LogP contribution is -2.27. The summed E-state index contributed by atoms with van der Waals surface area (Å²) in [6, 6.07) is 5.81. The number of carbonyl (C=O) groups is 2. The fourth-order valence-corrected chi connectivity index (χ4v) is 2.30. The Hall–Kier alpha value is -1.89. The average Bonchev–Trinajstić information content (AvgIpc) is 2.57. The molecule has 1 aromatic carbocycles. The molecule has 3 amide bonds. The summed E-state index contributed by atoms with van der Waals surface area (Å²) in [5.41, 5.74) is 0.771. The Bertz CT molecular complexity index is 592. The van der Waals surface area contributed by atoms with Crippen LogP contribution in [0.3, 0.4) is 0 Å². The molecule has 1 aromatic rings. The first-order valence-electron chi connectivity index (χ1n) is 5.24. The summed E-state index contributed by atoms with van der Waals surface area (Å²) in [6.45, 7) is 0.314. The highest BCUT2D eigenvalue weighted by molar-refractivity contribution is 7.90. The molecule has 1 heterocycles. The zero-order chi connectivity index (χ0) is 13.3. The lowest BCUT2D eigenvalue weighted by atomic mass is 10.2. The molecule has 0 spiro atoms. The summed E-state index contributed by atoms with van der Waals surface area (Å²) in [6.07, 6.45) is 1.13. The highest BCUT2D eigenvalue weighted by Crippen LogP contribution is 2.13. The minimum atomic E-state index is -3.21. The van der Waals surface area contributed by atoms with Crippen molar-refractivity contribution in [3.8, 4) is 0 Å². The molecule has 1 aliphatic heterocycles. The van der Waals surface area contributed by atoms with Crippen LogP contribution in [-0.2, 0) is 21.2 Å².